The van der Waals surface area contributed by atoms with Gasteiger partial charge in [-0.15, -0.1) is 0 Å². The van der Waals surface area contributed by atoms with Gasteiger partial charge in [0.25, 0.3) is 0 Å². The Hall–Kier alpha value is -2.90. The molecule has 0 bridgehead atoms. The molecule has 0 aromatic heterocycles. The number of aromatic hydroxyl groups is 2. The van der Waals surface area contributed by atoms with Crippen LogP contribution in [0.5, 0.6) is 11.5 Å². The summed E-state index contributed by atoms with van der Waals surface area (Å²) in [7, 11) is 0. The molecule has 8 heteroatoms. The van der Waals surface area contributed by atoms with Crippen LogP contribution in [-0.4, -0.2) is 34.7 Å². The highest BCUT2D eigenvalue weighted by atomic mass is 19.1. The molecule has 0 aliphatic heterocycles. The summed E-state index contributed by atoms with van der Waals surface area (Å²) in [5, 5.41) is 19.4. The molecule has 2 aromatic rings. The van der Waals surface area contributed by atoms with Crippen LogP contribution in [0.15, 0.2) is 34.3 Å². The van der Waals surface area contributed by atoms with E-state index in [0.29, 0.717) is 25.0 Å². The molecule has 0 unspecified atom stereocenters. The van der Waals surface area contributed by atoms with Gasteiger partial charge in [0, 0.05) is 35.7 Å². The van der Waals surface area contributed by atoms with Gasteiger partial charge in [0.2, 0.25) is 0 Å². The Kier molecular flexibility index (Phi) is 5.96. The van der Waals surface area contributed by atoms with E-state index in [9.17, 15) is 27.8 Å². The number of halogens is 4. The number of nitrogens with zero attached hydrogens (tertiary/aromatic N) is 2. The van der Waals surface area contributed by atoms with Crippen molar-refractivity contribution in [2.75, 3.05) is 0 Å². The fourth-order valence-corrected chi connectivity index (χ4v) is 3.16. The first-order valence-corrected chi connectivity index (χ1v) is 8.77. The van der Waals surface area contributed by atoms with E-state index in [1.54, 1.807) is 0 Å². The zero-order valence-electron chi connectivity index (χ0n) is 14.7. The summed E-state index contributed by atoms with van der Waals surface area (Å²) in [6.45, 7) is 0. The van der Waals surface area contributed by atoms with Gasteiger partial charge in [0.05, 0.1) is 12.1 Å². The SMILES string of the molecule is Oc1c(F)cc(F)cc1C=N[C@H]1CCCC[C@H]1N=Cc1cc(F)cc(F)c1O. The monoisotopic (exact) mass is 394 g/mol. The van der Waals surface area contributed by atoms with Crippen LogP contribution in [0.25, 0.3) is 0 Å². The minimum absolute atomic E-state index is 0.0874. The second-order valence-corrected chi connectivity index (χ2v) is 6.63. The van der Waals surface area contributed by atoms with E-state index < -0.39 is 34.8 Å². The normalized spacial score (nSPS) is 20.3. The van der Waals surface area contributed by atoms with Crippen LogP contribution in [-0.2, 0) is 0 Å². The highest BCUT2D eigenvalue weighted by Gasteiger charge is 2.23. The Morgan fingerprint density at radius 1 is 0.714 bits per heavy atom. The van der Waals surface area contributed by atoms with Gasteiger partial charge in [-0.05, 0) is 25.0 Å². The lowest BCUT2D eigenvalue weighted by Gasteiger charge is -2.25. The number of phenolic OH excluding ortho intramolecular Hbond substituents is 2. The van der Waals surface area contributed by atoms with E-state index in [1.165, 1.54) is 12.4 Å². The van der Waals surface area contributed by atoms with Crippen molar-refractivity contribution in [3.8, 4) is 11.5 Å². The van der Waals surface area contributed by atoms with Crippen LogP contribution >= 0.6 is 0 Å². The molecule has 1 fully saturated rings. The predicted octanol–water partition coefficient (Wildman–Crippen LogP) is 4.50. The Morgan fingerprint density at radius 3 is 1.50 bits per heavy atom. The summed E-state index contributed by atoms with van der Waals surface area (Å²) in [5.41, 5.74) is -0.175. The molecule has 148 valence electrons. The molecule has 0 saturated heterocycles. The highest BCUT2D eigenvalue weighted by molar-refractivity contribution is 5.84. The molecule has 0 heterocycles. The molecule has 2 aromatic carbocycles. The minimum atomic E-state index is -1.08. The first kappa shape index (κ1) is 19.9. The second kappa shape index (κ2) is 8.41. The van der Waals surface area contributed by atoms with Crippen molar-refractivity contribution in [3.63, 3.8) is 0 Å². The number of phenols is 2. The first-order chi connectivity index (χ1) is 13.3. The molecule has 0 radical (unpaired) electrons. The molecule has 2 N–H and O–H groups in total. The maximum atomic E-state index is 13.4. The molecular formula is C20H18F4N2O2. The maximum Gasteiger partial charge on any atom is 0.168 e. The lowest BCUT2D eigenvalue weighted by Crippen LogP contribution is -2.27. The van der Waals surface area contributed by atoms with Crippen molar-refractivity contribution in [2.45, 2.75) is 37.8 Å². The van der Waals surface area contributed by atoms with E-state index in [4.69, 9.17) is 0 Å². The van der Waals surface area contributed by atoms with Crippen LogP contribution in [0.1, 0.15) is 36.8 Å². The van der Waals surface area contributed by atoms with Gasteiger partial charge in [0.15, 0.2) is 23.1 Å². The Labute approximate surface area is 158 Å². The summed E-state index contributed by atoms with van der Waals surface area (Å²) in [6.07, 6.45) is 5.44. The number of benzene rings is 2. The van der Waals surface area contributed by atoms with Crippen LogP contribution in [0.3, 0.4) is 0 Å². The van der Waals surface area contributed by atoms with Crippen LogP contribution in [0.2, 0.25) is 0 Å². The third-order valence-electron chi connectivity index (χ3n) is 4.62. The molecule has 28 heavy (non-hydrogen) atoms. The molecular weight excluding hydrogens is 376 g/mol. The van der Waals surface area contributed by atoms with Gasteiger partial charge >= 0.3 is 0 Å². The average molecular weight is 394 g/mol. The lowest BCUT2D eigenvalue weighted by molar-refractivity contribution is 0.389. The molecule has 1 aliphatic rings. The van der Waals surface area contributed by atoms with E-state index >= 15 is 0 Å². The topological polar surface area (TPSA) is 65.2 Å². The van der Waals surface area contributed by atoms with Crippen molar-refractivity contribution >= 4 is 12.4 Å². The van der Waals surface area contributed by atoms with E-state index in [0.717, 1.165) is 25.0 Å². The van der Waals surface area contributed by atoms with E-state index in [-0.39, 0.29) is 23.2 Å². The maximum absolute atomic E-state index is 13.4. The third-order valence-corrected chi connectivity index (χ3v) is 4.62. The summed E-state index contributed by atoms with van der Waals surface area (Å²) >= 11 is 0. The molecule has 2 atom stereocenters. The van der Waals surface area contributed by atoms with E-state index in [1.807, 2.05) is 0 Å². The first-order valence-electron chi connectivity index (χ1n) is 8.77. The van der Waals surface area contributed by atoms with Crippen molar-refractivity contribution in [2.24, 2.45) is 9.98 Å². The van der Waals surface area contributed by atoms with Crippen molar-refractivity contribution in [1.29, 1.82) is 0 Å². The molecule has 3 rings (SSSR count). The molecule has 0 spiro atoms. The fourth-order valence-electron chi connectivity index (χ4n) is 3.16. The zero-order valence-corrected chi connectivity index (χ0v) is 14.7. The number of hydrogen-bond donors (Lipinski definition) is 2. The van der Waals surface area contributed by atoms with Crippen LogP contribution in [0, 0.1) is 23.3 Å². The molecule has 4 nitrogen and oxygen atoms in total. The number of rotatable bonds is 4. The fraction of sp³-hybridized carbons (Fsp3) is 0.300. The second-order valence-electron chi connectivity index (χ2n) is 6.63. The van der Waals surface area contributed by atoms with E-state index in [2.05, 4.69) is 9.98 Å². The standard InChI is InChI=1S/C20H18F4N2O2/c21-13-5-11(19(27)15(23)7-13)9-25-17-3-1-2-4-18(17)26-10-12-6-14(22)8-16(24)20(12)28/h5-10,17-18,27-28H,1-4H2/t17-,18+. The minimum Gasteiger partial charge on any atom is -0.504 e. The largest absolute Gasteiger partial charge is 0.504 e. The highest BCUT2D eigenvalue weighted by Crippen LogP contribution is 2.27. The zero-order chi connectivity index (χ0) is 20.3. The van der Waals surface area contributed by atoms with Gasteiger partial charge in [-0.3, -0.25) is 9.98 Å². The smallest absolute Gasteiger partial charge is 0.168 e. The predicted molar refractivity (Wildman–Crippen MR) is 97.3 cm³/mol. The molecule has 1 aliphatic carbocycles. The van der Waals surface area contributed by atoms with Gasteiger partial charge < -0.3 is 10.2 Å². The van der Waals surface area contributed by atoms with Gasteiger partial charge in [-0.1, -0.05) is 12.8 Å². The van der Waals surface area contributed by atoms with Crippen molar-refractivity contribution < 1.29 is 27.8 Å². The quantitative estimate of drug-likeness (QED) is 0.592. The lowest BCUT2D eigenvalue weighted by atomic mass is 9.91. The summed E-state index contributed by atoms with van der Waals surface area (Å²) < 4.78 is 53.5. The molecule has 1 saturated carbocycles. The van der Waals surface area contributed by atoms with Gasteiger partial charge in [0.1, 0.15) is 11.6 Å². The summed E-state index contributed by atoms with van der Waals surface area (Å²) in [6, 6.07) is 2.41. The summed E-state index contributed by atoms with van der Waals surface area (Å²) in [5.74, 6) is -5.22. The number of hydrogen-bond acceptors (Lipinski definition) is 4. The number of aliphatic imine (C=N–C) groups is 2. The van der Waals surface area contributed by atoms with Crippen LogP contribution in [0.4, 0.5) is 17.6 Å². The summed E-state index contributed by atoms with van der Waals surface area (Å²) in [4.78, 5) is 8.61. The Bertz CT molecular complexity index is 855. The molecule has 0 amide bonds. The average Bonchev–Trinajstić information content (AvgIpc) is 2.65. The van der Waals surface area contributed by atoms with Crippen LogP contribution < -0.4 is 0 Å². The Morgan fingerprint density at radius 2 is 1.11 bits per heavy atom. The third kappa shape index (κ3) is 4.49. The van der Waals surface area contributed by atoms with Crippen molar-refractivity contribution in [3.05, 3.63) is 58.7 Å². The Balaban J connectivity index is 1.82. The van der Waals surface area contributed by atoms with Crippen molar-refractivity contribution in [1.82, 2.24) is 0 Å². The van der Waals surface area contributed by atoms with Gasteiger partial charge in [-0.2, -0.15) is 0 Å². The van der Waals surface area contributed by atoms with Gasteiger partial charge in [-0.25, -0.2) is 17.6 Å².